The van der Waals surface area contributed by atoms with Gasteiger partial charge in [0.15, 0.2) is 5.06 Å². The lowest BCUT2D eigenvalue weighted by atomic mass is 9.90. The number of ether oxygens (including phenoxy) is 1. The number of nitrogens with one attached hydrogen (secondary N) is 1. The van der Waals surface area contributed by atoms with Gasteiger partial charge in [-0.3, -0.25) is 14.2 Å². The molecule has 0 spiro atoms. The maximum absolute atomic E-state index is 14.9. The van der Waals surface area contributed by atoms with Crippen molar-refractivity contribution in [2.24, 2.45) is 0 Å². The van der Waals surface area contributed by atoms with Crippen LogP contribution in [0.25, 0.3) is 10.9 Å². The highest BCUT2D eigenvalue weighted by Crippen LogP contribution is 2.45. The molecule has 1 fully saturated rings. The van der Waals surface area contributed by atoms with Crippen LogP contribution >= 0.6 is 11.3 Å². The lowest BCUT2D eigenvalue weighted by Gasteiger charge is -2.42. The summed E-state index contributed by atoms with van der Waals surface area (Å²) in [5, 5.41) is 2.17. The van der Waals surface area contributed by atoms with Crippen LogP contribution in [0.5, 0.6) is 5.06 Å². The Morgan fingerprint density at radius 1 is 1.21 bits per heavy atom. The number of benzene rings is 1. The first kappa shape index (κ1) is 23.8. The molecule has 2 aromatic heterocycles. The Hall–Kier alpha value is -1.96. The van der Waals surface area contributed by atoms with Crippen molar-refractivity contribution in [2.75, 3.05) is 32.9 Å². The fraction of sp³-hybridized carbons (Fsp3) is 0.556. The number of likely N-dealkylation sites (tertiary alicyclic amines) is 1. The van der Waals surface area contributed by atoms with Crippen LogP contribution in [0.2, 0.25) is 0 Å². The molecule has 4 heterocycles. The van der Waals surface area contributed by atoms with E-state index in [0.717, 1.165) is 43.1 Å². The molecule has 0 radical (unpaired) electrons. The molecule has 4 nitrogen and oxygen atoms in total. The Balaban J connectivity index is 1.43. The highest BCUT2D eigenvalue weighted by molar-refractivity contribution is 7.13. The molecule has 7 heteroatoms. The van der Waals surface area contributed by atoms with Crippen molar-refractivity contribution in [1.29, 1.82) is 0 Å². The average molecular weight is 488 g/mol. The third kappa shape index (κ3) is 4.88. The van der Waals surface area contributed by atoms with E-state index in [1.54, 1.807) is 25.2 Å². The predicted octanol–water partition coefficient (Wildman–Crippen LogP) is 6.13. The van der Waals surface area contributed by atoms with E-state index >= 15 is 0 Å². The topological polar surface area (TPSA) is 31.5 Å². The number of halogens is 2. The van der Waals surface area contributed by atoms with Crippen LogP contribution in [0.4, 0.5) is 8.78 Å². The lowest BCUT2D eigenvalue weighted by Crippen LogP contribution is -2.47. The molecule has 5 rings (SSSR count). The first-order valence-electron chi connectivity index (χ1n) is 12.4. The SMILES string of the molecule is C[C@@H]1Cc2c([nH]c3ccccc23)[C@@H](c2ccc(O[C@@H]3CCN(CCCF)C3)s2)N1CC(C)(C)F. The van der Waals surface area contributed by atoms with Crippen molar-refractivity contribution in [3.63, 3.8) is 0 Å². The summed E-state index contributed by atoms with van der Waals surface area (Å²) < 4.78 is 33.8. The molecule has 0 unspecified atom stereocenters. The van der Waals surface area contributed by atoms with Gasteiger partial charge in [-0.15, -0.1) is 11.3 Å². The molecule has 2 aliphatic rings. The third-order valence-electron chi connectivity index (χ3n) is 7.07. The van der Waals surface area contributed by atoms with Crippen LogP contribution in [-0.2, 0) is 6.42 Å². The molecule has 0 saturated carbocycles. The minimum absolute atomic E-state index is 0.0341. The number of H-pyrrole nitrogens is 1. The van der Waals surface area contributed by atoms with E-state index in [4.69, 9.17) is 4.74 Å². The van der Waals surface area contributed by atoms with Gasteiger partial charge >= 0.3 is 0 Å². The molecule has 34 heavy (non-hydrogen) atoms. The molecule has 184 valence electrons. The van der Waals surface area contributed by atoms with Crippen LogP contribution < -0.4 is 4.74 Å². The second kappa shape index (κ2) is 9.59. The van der Waals surface area contributed by atoms with Crippen molar-refractivity contribution in [2.45, 2.75) is 63.9 Å². The average Bonchev–Trinajstić information content (AvgIpc) is 3.51. The summed E-state index contributed by atoms with van der Waals surface area (Å²) >= 11 is 1.67. The predicted molar refractivity (Wildman–Crippen MR) is 136 cm³/mol. The number of hydrogen-bond donors (Lipinski definition) is 1. The Morgan fingerprint density at radius 3 is 2.82 bits per heavy atom. The maximum Gasteiger partial charge on any atom is 0.174 e. The minimum atomic E-state index is -1.29. The van der Waals surface area contributed by atoms with Crippen LogP contribution in [0.1, 0.15) is 55.8 Å². The smallest absolute Gasteiger partial charge is 0.174 e. The molecule has 2 aliphatic heterocycles. The monoisotopic (exact) mass is 487 g/mol. The van der Waals surface area contributed by atoms with Crippen LogP contribution in [-0.4, -0.2) is 65.5 Å². The molecule has 0 amide bonds. The zero-order valence-corrected chi connectivity index (χ0v) is 21.1. The molecule has 1 N–H and O–H groups in total. The van der Waals surface area contributed by atoms with E-state index < -0.39 is 5.67 Å². The molecule has 3 atom stereocenters. The maximum atomic E-state index is 14.9. The van der Waals surface area contributed by atoms with E-state index in [1.165, 1.54) is 21.5 Å². The van der Waals surface area contributed by atoms with E-state index in [0.29, 0.717) is 13.0 Å². The number of rotatable bonds is 8. The summed E-state index contributed by atoms with van der Waals surface area (Å²) in [6.45, 7) is 8.24. The zero-order chi connectivity index (χ0) is 23.9. The summed E-state index contributed by atoms with van der Waals surface area (Å²) in [6, 6.07) is 12.8. The van der Waals surface area contributed by atoms with Crippen LogP contribution in [0, 0.1) is 0 Å². The van der Waals surface area contributed by atoms with Crippen molar-refractivity contribution in [1.82, 2.24) is 14.8 Å². The van der Waals surface area contributed by atoms with Gasteiger partial charge in [0.25, 0.3) is 0 Å². The normalized spacial score (nSPS) is 24.1. The minimum Gasteiger partial charge on any atom is -0.479 e. The van der Waals surface area contributed by atoms with Gasteiger partial charge in [-0.1, -0.05) is 18.2 Å². The van der Waals surface area contributed by atoms with Crippen LogP contribution in [0.3, 0.4) is 0 Å². The molecule has 1 saturated heterocycles. The summed E-state index contributed by atoms with van der Waals surface area (Å²) in [5.74, 6) is 0. The standard InChI is InChI=1S/C27H35F2N3OS/c1-18-15-21-20-7-4-5-8-22(20)30-25(21)26(32(18)17-27(2,3)29)23-9-10-24(34-23)33-19-11-14-31(16-19)13-6-12-28/h4-5,7-10,18-19,26,30H,6,11-17H2,1-3H3/t18-,19-,26-/m1/s1. The van der Waals surface area contributed by atoms with Crippen LogP contribution in [0.15, 0.2) is 36.4 Å². The Morgan fingerprint density at radius 2 is 2.03 bits per heavy atom. The van der Waals surface area contributed by atoms with Crippen molar-refractivity contribution >= 4 is 22.2 Å². The number of fused-ring (bicyclic) bond motifs is 3. The number of hydrogen-bond acceptors (Lipinski definition) is 4. The summed E-state index contributed by atoms with van der Waals surface area (Å²) in [7, 11) is 0. The van der Waals surface area contributed by atoms with Gasteiger partial charge in [0, 0.05) is 53.7 Å². The zero-order valence-electron chi connectivity index (χ0n) is 20.3. The van der Waals surface area contributed by atoms with Crippen molar-refractivity contribution in [3.8, 4) is 5.06 Å². The molecular weight excluding hydrogens is 452 g/mol. The highest BCUT2D eigenvalue weighted by Gasteiger charge is 2.39. The van der Waals surface area contributed by atoms with Gasteiger partial charge < -0.3 is 9.72 Å². The van der Waals surface area contributed by atoms with E-state index in [2.05, 4.69) is 58.1 Å². The van der Waals surface area contributed by atoms with E-state index in [-0.39, 0.29) is 24.9 Å². The first-order chi connectivity index (χ1) is 16.3. The Bertz CT molecular complexity index is 1120. The molecule has 1 aromatic carbocycles. The van der Waals surface area contributed by atoms with E-state index in [1.807, 2.05) is 0 Å². The number of alkyl halides is 2. The van der Waals surface area contributed by atoms with Gasteiger partial charge in [-0.2, -0.15) is 0 Å². The third-order valence-corrected chi connectivity index (χ3v) is 8.10. The number of aromatic nitrogens is 1. The number of thiophene rings is 1. The molecule has 0 bridgehead atoms. The summed E-state index contributed by atoms with van der Waals surface area (Å²) in [5.41, 5.74) is 2.37. The largest absolute Gasteiger partial charge is 0.479 e. The van der Waals surface area contributed by atoms with Crippen molar-refractivity contribution in [3.05, 3.63) is 52.5 Å². The van der Waals surface area contributed by atoms with Gasteiger partial charge in [0.05, 0.1) is 12.7 Å². The Kier molecular flexibility index (Phi) is 6.70. The van der Waals surface area contributed by atoms with Crippen molar-refractivity contribution < 1.29 is 13.5 Å². The Labute approximate surface area is 204 Å². The second-order valence-electron chi connectivity index (χ2n) is 10.4. The summed E-state index contributed by atoms with van der Waals surface area (Å²) in [6.07, 6.45) is 2.59. The van der Waals surface area contributed by atoms with E-state index in [9.17, 15) is 8.78 Å². The number of aromatic amines is 1. The van der Waals surface area contributed by atoms with Gasteiger partial charge in [-0.05, 0) is 63.8 Å². The van der Waals surface area contributed by atoms with Gasteiger partial charge in [0.1, 0.15) is 11.8 Å². The number of para-hydroxylation sites is 1. The fourth-order valence-corrected chi connectivity index (χ4v) is 6.64. The second-order valence-corrected chi connectivity index (χ2v) is 11.5. The quantitative estimate of drug-likeness (QED) is 0.415. The highest BCUT2D eigenvalue weighted by atomic mass is 32.1. The summed E-state index contributed by atoms with van der Waals surface area (Å²) in [4.78, 5) is 9.43. The van der Waals surface area contributed by atoms with Gasteiger partial charge in [0.2, 0.25) is 0 Å². The lowest BCUT2D eigenvalue weighted by molar-refractivity contribution is 0.0679. The molecular formula is C27H35F2N3OS. The molecule has 3 aromatic rings. The fourth-order valence-electron chi connectivity index (χ4n) is 5.58. The first-order valence-corrected chi connectivity index (χ1v) is 13.2. The number of nitrogens with zero attached hydrogens (tertiary/aromatic N) is 2. The molecule has 0 aliphatic carbocycles. The van der Waals surface area contributed by atoms with Gasteiger partial charge in [-0.25, -0.2) is 4.39 Å².